The second-order valence-electron chi connectivity index (χ2n) is 0.816. The van der Waals surface area contributed by atoms with E-state index in [9.17, 15) is 0 Å². The highest BCUT2D eigenvalue weighted by molar-refractivity contribution is 4.51. The Labute approximate surface area is 52.5 Å². The zero-order chi connectivity index (χ0) is 5.41. The minimum atomic E-state index is 0. The van der Waals surface area contributed by atoms with Crippen LogP contribution in [0, 0.1) is 0 Å². The van der Waals surface area contributed by atoms with Gasteiger partial charge in [0.15, 0.2) is 0 Å². The number of hydrogen-bond acceptors (Lipinski definition) is 2. The molecule has 0 unspecified atom stereocenters. The summed E-state index contributed by atoms with van der Waals surface area (Å²) < 4.78 is 0. The Bertz CT molecular complexity index is 27.5. The molecular weight excluding hydrogens is 100 g/mol. The summed E-state index contributed by atoms with van der Waals surface area (Å²) >= 11 is 0. The SMILES string of the molecule is C=CC.C=CC.N.N. The highest BCUT2D eigenvalue weighted by Crippen LogP contribution is 1.38. The molecule has 0 saturated carbocycles. The molecule has 0 aromatic rings. The van der Waals surface area contributed by atoms with Crippen LogP contribution < -0.4 is 12.3 Å². The summed E-state index contributed by atoms with van der Waals surface area (Å²) in [5.41, 5.74) is 0. The molecule has 0 atom stereocenters. The van der Waals surface area contributed by atoms with Crippen LogP contribution in [-0.4, -0.2) is 0 Å². The van der Waals surface area contributed by atoms with Crippen molar-refractivity contribution in [3.05, 3.63) is 25.3 Å². The van der Waals surface area contributed by atoms with E-state index in [1.807, 2.05) is 13.8 Å². The largest absolute Gasteiger partial charge is 0.344 e. The summed E-state index contributed by atoms with van der Waals surface area (Å²) in [6.07, 6.45) is 3.50. The van der Waals surface area contributed by atoms with Crippen molar-refractivity contribution < 1.29 is 0 Å². The third-order valence-electron chi connectivity index (χ3n) is 0. The topological polar surface area (TPSA) is 70.0 Å². The monoisotopic (exact) mass is 118 g/mol. The minimum absolute atomic E-state index is 0. The van der Waals surface area contributed by atoms with Crippen LogP contribution in [0.3, 0.4) is 0 Å². The van der Waals surface area contributed by atoms with E-state index >= 15 is 0 Å². The van der Waals surface area contributed by atoms with Gasteiger partial charge in [-0.1, -0.05) is 12.2 Å². The maximum absolute atomic E-state index is 3.36. The smallest absolute Gasteiger partial charge is 0.0473 e. The van der Waals surface area contributed by atoms with Crippen molar-refractivity contribution in [3.63, 3.8) is 0 Å². The van der Waals surface area contributed by atoms with Crippen molar-refractivity contribution in [1.29, 1.82) is 0 Å². The second kappa shape index (κ2) is 95.2. The van der Waals surface area contributed by atoms with Gasteiger partial charge in [-0.3, -0.25) is 0 Å². The normalized spacial score (nSPS) is 3.25. The first-order chi connectivity index (χ1) is 2.83. The van der Waals surface area contributed by atoms with Crippen molar-refractivity contribution in [2.45, 2.75) is 13.8 Å². The van der Waals surface area contributed by atoms with E-state index in [4.69, 9.17) is 0 Å². The van der Waals surface area contributed by atoms with Gasteiger partial charge in [0.1, 0.15) is 0 Å². The summed E-state index contributed by atoms with van der Waals surface area (Å²) in [5, 5.41) is 0. The van der Waals surface area contributed by atoms with Gasteiger partial charge in [-0.25, -0.2) is 0 Å². The summed E-state index contributed by atoms with van der Waals surface area (Å²) in [5.74, 6) is 0. The van der Waals surface area contributed by atoms with E-state index in [-0.39, 0.29) is 12.3 Å². The molecule has 0 aliphatic heterocycles. The fourth-order valence-corrected chi connectivity index (χ4v) is 0. The van der Waals surface area contributed by atoms with Crippen LogP contribution >= 0.6 is 0 Å². The summed E-state index contributed by atoms with van der Waals surface area (Å²) in [7, 11) is 0. The molecule has 0 radical (unpaired) electrons. The molecule has 2 heteroatoms. The molecule has 0 aliphatic carbocycles. The highest BCUT2D eigenvalue weighted by atomic mass is 14.0. The van der Waals surface area contributed by atoms with Crippen molar-refractivity contribution in [2.24, 2.45) is 0 Å². The van der Waals surface area contributed by atoms with Gasteiger partial charge in [0.05, 0.1) is 0 Å². The summed E-state index contributed by atoms with van der Waals surface area (Å²) in [4.78, 5) is 0. The van der Waals surface area contributed by atoms with E-state index in [0.29, 0.717) is 0 Å². The Hall–Kier alpha value is -0.600. The van der Waals surface area contributed by atoms with Gasteiger partial charge in [0.2, 0.25) is 0 Å². The third-order valence-corrected chi connectivity index (χ3v) is 0. The van der Waals surface area contributed by atoms with Gasteiger partial charge < -0.3 is 12.3 Å². The third kappa shape index (κ3) is 290. The Morgan fingerprint density at radius 1 is 0.875 bits per heavy atom. The molecule has 0 heterocycles. The van der Waals surface area contributed by atoms with E-state index < -0.39 is 0 Å². The minimum Gasteiger partial charge on any atom is -0.344 e. The molecule has 0 aromatic carbocycles. The van der Waals surface area contributed by atoms with Crippen LogP contribution in [0.15, 0.2) is 25.3 Å². The van der Waals surface area contributed by atoms with Crippen molar-refractivity contribution in [3.8, 4) is 0 Å². The van der Waals surface area contributed by atoms with Crippen LogP contribution in [0.4, 0.5) is 0 Å². The number of allylic oxidation sites excluding steroid dienone is 2. The van der Waals surface area contributed by atoms with Crippen molar-refractivity contribution >= 4 is 0 Å². The van der Waals surface area contributed by atoms with Crippen LogP contribution in [0.5, 0.6) is 0 Å². The van der Waals surface area contributed by atoms with Crippen LogP contribution in [0.25, 0.3) is 0 Å². The predicted molar refractivity (Wildman–Crippen MR) is 41.8 cm³/mol. The fraction of sp³-hybridized carbons (Fsp3) is 0.333. The lowest BCUT2D eigenvalue weighted by Gasteiger charge is -1.31. The lowest BCUT2D eigenvalue weighted by Crippen LogP contribution is -1.07. The zero-order valence-electron chi connectivity index (χ0n) is 5.98. The van der Waals surface area contributed by atoms with E-state index in [0.717, 1.165) is 0 Å². The first-order valence-electron chi connectivity index (χ1n) is 1.97. The molecule has 0 bridgehead atoms. The highest BCUT2D eigenvalue weighted by Gasteiger charge is 1.15. The van der Waals surface area contributed by atoms with Crippen LogP contribution in [0.1, 0.15) is 13.8 Å². The van der Waals surface area contributed by atoms with Gasteiger partial charge in [0.25, 0.3) is 0 Å². The molecule has 0 amide bonds. The van der Waals surface area contributed by atoms with E-state index in [1.165, 1.54) is 0 Å². The molecule has 8 heavy (non-hydrogen) atoms. The molecular formula is C6H18N2. The lowest BCUT2D eigenvalue weighted by atomic mass is 10.8. The number of rotatable bonds is 0. The Balaban J connectivity index is -0.0000000160. The fourth-order valence-electron chi connectivity index (χ4n) is 0. The second-order valence-corrected chi connectivity index (χ2v) is 0.816. The summed E-state index contributed by atoms with van der Waals surface area (Å²) in [6, 6.07) is 0. The molecule has 0 aromatic heterocycles. The molecule has 0 saturated heterocycles. The zero-order valence-corrected chi connectivity index (χ0v) is 5.98. The first-order valence-corrected chi connectivity index (χ1v) is 1.97. The standard InChI is InChI=1S/2C3H6.2H3N/c2*1-3-2;;/h2*3H,1H2,2H3;2*1H3. The average Bonchev–Trinajstić information content (AvgIpc) is 1.39. The van der Waals surface area contributed by atoms with Gasteiger partial charge >= 0.3 is 0 Å². The van der Waals surface area contributed by atoms with Gasteiger partial charge in [-0.15, -0.1) is 13.2 Å². The van der Waals surface area contributed by atoms with Gasteiger partial charge in [-0.05, 0) is 13.8 Å². The Kier molecular flexibility index (Phi) is 312. The number of hydrogen-bond donors (Lipinski definition) is 2. The lowest BCUT2D eigenvalue weighted by molar-refractivity contribution is 1.80. The Morgan fingerprint density at radius 3 is 0.875 bits per heavy atom. The molecule has 6 N–H and O–H groups in total. The van der Waals surface area contributed by atoms with E-state index in [1.54, 1.807) is 12.2 Å². The molecule has 0 spiro atoms. The molecule has 52 valence electrons. The molecule has 2 nitrogen and oxygen atoms in total. The van der Waals surface area contributed by atoms with Gasteiger partial charge in [-0.2, -0.15) is 0 Å². The Morgan fingerprint density at radius 2 is 0.875 bits per heavy atom. The van der Waals surface area contributed by atoms with Gasteiger partial charge in [0, 0.05) is 0 Å². The summed E-state index contributed by atoms with van der Waals surface area (Å²) in [6.45, 7) is 10.5. The van der Waals surface area contributed by atoms with E-state index in [2.05, 4.69) is 13.2 Å². The maximum Gasteiger partial charge on any atom is -0.0473 e. The van der Waals surface area contributed by atoms with Crippen molar-refractivity contribution in [2.75, 3.05) is 0 Å². The first kappa shape index (κ1) is 26.2. The molecule has 0 aliphatic rings. The van der Waals surface area contributed by atoms with Crippen LogP contribution in [-0.2, 0) is 0 Å². The maximum atomic E-state index is 3.36. The van der Waals surface area contributed by atoms with Crippen molar-refractivity contribution in [1.82, 2.24) is 12.3 Å². The average molecular weight is 118 g/mol. The van der Waals surface area contributed by atoms with Crippen LogP contribution in [0.2, 0.25) is 0 Å². The molecule has 0 fully saturated rings. The predicted octanol–water partition coefficient (Wildman–Crippen LogP) is 2.71. The molecule has 0 rings (SSSR count). The quantitative estimate of drug-likeness (QED) is 0.480.